The van der Waals surface area contributed by atoms with Crippen LogP contribution in [0.5, 0.6) is 5.75 Å². The lowest BCUT2D eigenvalue weighted by Crippen LogP contribution is -2.43. The maximum absolute atomic E-state index is 12.6. The topological polar surface area (TPSA) is 70.7 Å². The zero-order chi connectivity index (χ0) is 23.8. The van der Waals surface area contributed by atoms with Crippen LogP contribution >= 0.6 is 0 Å². The van der Waals surface area contributed by atoms with Gasteiger partial charge in [0, 0.05) is 37.0 Å². The number of amides is 3. The van der Waals surface area contributed by atoms with Gasteiger partial charge in [-0.05, 0) is 50.0 Å². The molecular formula is C24H26F3N3O3. The van der Waals surface area contributed by atoms with Gasteiger partial charge in [-0.15, -0.1) is 13.2 Å². The van der Waals surface area contributed by atoms with Gasteiger partial charge in [0.1, 0.15) is 5.75 Å². The third-order valence-corrected chi connectivity index (χ3v) is 5.24. The van der Waals surface area contributed by atoms with Crippen molar-refractivity contribution in [3.8, 4) is 5.75 Å². The minimum Gasteiger partial charge on any atom is -0.405 e. The SMILES string of the molecule is Cc1ccc(NC(=O)NCC2CCCN(C(=O)/C=C/c3ccccc3OC(F)(F)F)C2)cc1. The molecule has 0 spiro atoms. The van der Waals surface area contributed by atoms with E-state index in [1.165, 1.54) is 30.4 Å². The van der Waals surface area contributed by atoms with E-state index in [2.05, 4.69) is 15.4 Å². The summed E-state index contributed by atoms with van der Waals surface area (Å²) in [7, 11) is 0. The quantitative estimate of drug-likeness (QED) is 0.597. The van der Waals surface area contributed by atoms with Crippen LogP contribution in [0, 0.1) is 12.8 Å². The van der Waals surface area contributed by atoms with Gasteiger partial charge in [-0.1, -0.05) is 35.9 Å². The molecule has 0 bridgehead atoms. The maximum atomic E-state index is 12.6. The molecule has 6 nitrogen and oxygen atoms in total. The predicted molar refractivity (Wildman–Crippen MR) is 120 cm³/mol. The van der Waals surface area contributed by atoms with Gasteiger partial charge in [0.25, 0.3) is 0 Å². The average Bonchev–Trinajstić information content (AvgIpc) is 2.77. The van der Waals surface area contributed by atoms with Gasteiger partial charge in [-0.3, -0.25) is 4.79 Å². The highest BCUT2D eigenvalue weighted by Gasteiger charge is 2.31. The molecule has 1 unspecified atom stereocenters. The van der Waals surface area contributed by atoms with E-state index in [-0.39, 0.29) is 29.2 Å². The first kappa shape index (κ1) is 24.2. The maximum Gasteiger partial charge on any atom is 0.573 e. The van der Waals surface area contributed by atoms with Gasteiger partial charge >= 0.3 is 12.4 Å². The number of urea groups is 1. The molecular weight excluding hydrogens is 435 g/mol. The Bertz CT molecular complexity index is 990. The Hall–Kier alpha value is -3.49. The molecule has 1 fully saturated rings. The number of carbonyl (C=O) groups excluding carboxylic acids is 2. The molecule has 0 aromatic heterocycles. The first-order valence-corrected chi connectivity index (χ1v) is 10.6. The van der Waals surface area contributed by atoms with Crippen molar-refractivity contribution in [2.24, 2.45) is 5.92 Å². The van der Waals surface area contributed by atoms with E-state index < -0.39 is 6.36 Å². The number of benzene rings is 2. The van der Waals surface area contributed by atoms with Crippen molar-refractivity contribution in [3.63, 3.8) is 0 Å². The fourth-order valence-electron chi connectivity index (χ4n) is 3.58. The molecule has 1 aliphatic heterocycles. The molecule has 1 saturated heterocycles. The Morgan fingerprint density at radius 1 is 1.15 bits per heavy atom. The number of carbonyl (C=O) groups is 2. The standard InChI is InChI=1S/C24H26F3N3O3/c1-17-8-11-20(12-9-17)29-23(32)28-15-18-5-4-14-30(16-18)22(31)13-10-19-6-2-3-7-21(19)33-24(25,26)27/h2-3,6-13,18H,4-5,14-16H2,1H3,(H2,28,29,32)/b13-10+. The number of alkyl halides is 3. The van der Waals surface area contributed by atoms with Gasteiger partial charge in [0.15, 0.2) is 0 Å². The second-order valence-electron chi connectivity index (χ2n) is 7.91. The zero-order valence-corrected chi connectivity index (χ0v) is 18.2. The second-order valence-corrected chi connectivity index (χ2v) is 7.91. The van der Waals surface area contributed by atoms with Crippen molar-refractivity contribution >= 4 is 23.7 Å². The lowest BCUT2D eigenvalue weighted by Gasteiger charge is -2.32. The lowest BCUT2D eigenvalue weighted by atomic mass is 9.98. The number of aryl methyl sites for hydroxylation is 1. The number of likely N-dealkylation sites (tertiary alicyclic amines) is 1. The van der Waals surface area contributed by atoms with Crippen molar-refractivity contribution in [1.29, 1.82) is 0 Å². The molecule has 33 heavy (non-hydrogen) atoms. The summed E-state index contributed by atoms with van der Waals surface area (Å²) >= 11 is 0. The highest BCUT2D eigenvalue weighted by Crippen LogP contribution is 2.27. The van der Waals surface area contributed by atoms with Crippen LogP contribution in [-0.4, -0.2) is 42.8 Å². The Morgan fingerprint density at radius 2 is 1.88 bits per heavy atom. The molecule has 3 amide bonds. The number of halogens is 3. The lowest BCUT2D eigenvalue weighted by molar-refractivity contribution is -0.274. The van der Waals surface area contributed by atoms with E-state index in [0.717, 1.165) is 18.4 Å². The smallest absolute Gasteiger partial charge is 0.405 e. The van der Waals surface area contributed by atoms with E-state index in [4.69, 9.17) is 0 Å². The number of hydrogen-bond acceptors (Lipinski definition) is 3. The van der Waals surface area contributed by atoms with E-state index in [9.17, 15) is 22.8 Å². The van der Waals surface area contributed by atoms with Crippen LogP contribution in [-0.2, 0) is 4.79 Å². The summed E-state index contributed by atoms with van der Waals surface area (Å²) in [4.78, 5) is 26.4. The molecule has 2 N–H and O–H groups in total. The van der Waals surface area contributed by atoms with Gasteiger partial charge in [0.2, 0.25) is 5.91 Å². The fourth-order valence-corrected chi connectivity index (χ4v) is 3.58. The highest BCUT2D eigenvalue weighted by atomic mass is 19.4. The molecule has 3 rings (SSSR count). The molecule has 2 aromatic carbocycles. The van der Waals surface area contributed by atoms with Gasteiger partial charge in [-0.25, -0.2) is 4.79 Å². The fraction of sp³-hybridized carbons (Fsp3) is 0.333. The van der Waals surface area contributed by atoms with Crippen molar-refractivity contribution in [2.75, 3.05) is 25.0 Å². The molecule has 9 heteroatoms. The number of nitrogens with one attached hydrogen (secondary N) is 2. The summed E-state index contributed by atoms with van der Waals surface area (Å²) in [6.45, 7) is 3.38. The molecule has 0 aliphatic carbocycles. The summed E-state index contributed by atoms with van der Waals surface area (Å²) < 4.78 is 41.7. The molecule has 2 aromatic rings. The van der Waals surface area contributed by atoms with Crippen LogP contribution < -0.4 is 15.4 Å². The predicted octanol–water partition coefficient (Wildman–Crippen LogP) is 4.97. The number of rotatable bonds is 6. The Labute approximate surface area is 190 Å². The summed E-state index contributed by atoms with van der Waals surface area (Å²) in [5.41, 5.74) is 1.95. The summed E-state index contributed by atoms with van der Waals surface area (Å²) in [6.07, 6.45) is -0.606. The zero-order valence-electron chi connectivity index (χ0n) is 18.2. The molecule has 176 valence electrons. The normalized spacial score (nSPS) is 16.5. The first-order chi connectivity index (χ1) is 15.7. The van der Waals surface area contributed by atoms with Crippen molar-refractivity contribution in [1.82, 2.24) is 10.2 Å². The highest BCUT2D eigenvalue weighted by molar-refractivity contribution is 5.92. The van der Waals surface area contributed by atoms with Crippen LogP contribution in [0.1, 0.15) is 24.0 Å². The molecule has 0 saturated carbocycles. The van der Waals surface area contributed by atoms with Gasteiger partial charge < -0.3 is 20.3 Å². The largest absolute Gasteiger partial charge is 0.573 e. The summed E-state index contributed by atoms with van der Waals surface area (Å²) in [5.74, 6) is -0.583. The van der Waals surface area contributed by atoms with E-state index in [0.29, 0.717) is 25.3 Å². The second kappa shape index (κ2) is 10.9. The third-order valence-electron chi connectivity index (χ3n) is 5.24. The molecule has 1 heterocycles. The summed E-state index contributed by atoms with van der Waals surface area (Å²) in [5, 5.41) is 5.60. The number of piperidine rings is 1. The average molecular weight is 461 g/mol. The van der Waals surface area contributed by atoms with Crippen LogP contribution in [0.25, 0.3) is 6.08 Å². The van der Waals surface area contributed by atoms with Crippen molar-refractivity contribution in [3.05, 3.63) is 65.7 Å². The number of hydrogen-bond donors (Lipinski definition) is 2. The number of anilines is 1. The van der Waals surface area contributed by atoms with Crippen LogP contribution in [0.2, 0.25) is 0 Å². The minimum absolute atomic E-state index is 0.0840. The van der Waals surface area contributed by atoms with E-state index >= 15 is 0 Å². The number of nitrogens with zero attached hydrogens (tertiary/aromatic N) is 1. The van der Waals surface area contributed by atoms with Gasteiger partial charge in [0.05, 0.1) is 0 Å². The third kappa shape index (κ3) is 7.85. The molecule has 1 atom stereocenters. The Kier molecular flexibility index (Phi) is 7.97. The first-order valence-electron chi connectivity index (χ1n) is 10.6. The summed E-state index contributed by atoms with van der Waals surface area (Å²) in [6, 6.07) is 12.8. The van der Waals surface area contributed by atoms with Crippen LogP contribution in [0.4, 0.5) is 23.7 Å². The van der Waals surface area contributed by atoms with Crippen molar-refractivity contribution < 1.29 is 27.5 Å². The van der Waals surface area contributed by atoms with Crippen LogP contribution in [0.15, 0.2) is 54.6 Å². The van der Waals surface area contributed by atoms with E-state index in [1.54, 1.807) is 11.0 Å². The Balaban J connectivity index is 1.51. The monoisotopic (exact) mass is 461 g/mol. The van der Waals surface area contributed by atoms with Crippen molar-refractivity contribution in [2.45, 2.75) is 26.1 Å². The van der Waals surface area contributed by atoms with Gasteiger partial charge in [-0.2, -0.15) is 0 Å². The number of ether oxygens (including phenoxy) is 1. The Morgan fingerprint density at radius 3 is 2.61 bits per heavy atom. The molecule has 1 aliphatic rings. The minimum atomic E-state index is -4.81. The molecule has 0 radical (unpaired) electrons. The van der Waals surface area contributed by atoms with Crippen LogP contribution in [0.3, 0.4) is 0 Å². The number of para-hydroxylation sites is 1. The van der Waals surface area contributed by atoms with E-state index in [1.807, 2.05) is 31.2 Å².